The van der Waals surface area contributed by atoms with Gasteiger partial charge < -0.3 is 21.1 Å². The van der Waals surface area contributed by atoms with E-state index in [0.717, 1.165) is 18.4 Å². The van der Waals surface area contributed by atoms with Gasteiger partial charge in [0, 0.05) is 48.0 Å². The number of anilines is 2. The first-order valence-corrected chi connectivity index (χ1v) is 12.8. The first-order valence-electron chi connectivity index (χ1n) is 12.8. The molecule has 0 radical (unpaired) electrons. The zero-order valence-electron chi connectivity index (χ0n) is 21.7. The van der Waals surface area contributed by atoms with Crippen LogP contribution in [0.3, 0.4) is 0 Å². The second-order valence-electron chi connectivity index (χ2n) is 10.2. The minimum atomic E-state index is -1.50. The van der Waals surface area contributed by atoms with Crippen LogP contribution in [0.5, 0.6) is 5.75 Å². The molecule has 38 heavy (non-hydrogen) atoms. The molecule has 6 nitrogen and oxygen atoms in total. The fourth-order valence-corrected chi connectivity index (χ4v) is 4.06. The zero-order valence-corrected chi connectivity index (χ0v) is 21.7. The van der Waals surface area contributed by atoms with Crippen LogP contribution in [0.1, 0.15) is 57.1 Å². The largest absolute Gasteiger partial charge is 0.454 e. The lowest BCUT2D eigenvalue weighted by molar-refractivity contribution is -0.121. The Morgan fingerprint density at radius 3 is 2.63 bits per heavy atom. The number of halogens is 2. The molecule has 0 atom stereocenters. The van der Waals surface area contributed by atoms with Gasteiger partial charge in [0.15, 0.2) is 11.6 Å². The van der Waals surface area contributed by atoms with Crippen molar-refractivity contribution in [3.63, 3.8) is 0 Å². The number of allylic oxidation sites excluding steroid dienone is 4. The van der Waals surface area contributed by atoms with Gasteiger partial charge in [-0.2, -0.15) is 0 Å². The van der Waals surface area contributed by atoms with E-state index in [4.69, 9.17) is 10.5 Å². The van der Waals surface area contributed by atoms with E-state index in [0.29, 0.717) is 47.7 Å². The van der Waals surface area contributed by atoms with E-state index in [1.54, 1.807) is 42.5 Å². The van der Waals surface area contributed by atoms with Crippen LogP contribution in [0.25, 0.3) is 0 Å². The molecule has 2 aromatic rings. The van der Waals surface area contributed by atoms with Gasteiger partial charge in [-0.05, 0) is 81.0 Å². The molecule has 0 spiro atoms. The molecule has 0 bridgehead atoms. The maximum Gasteiger partial charge on any atom is 0.227 e. The summed E-state index contributed by atoms with van der Waals surface area (Å²) < 4.78 is 34.8. The fraction of sp³-hybridized carbons (Fsp3) is 0.333. The quantitative estimate of drug-likeness (QED) is 0.324. The molecular weight excluding hydrogens is 488 g/mol. The third kappa shape index (κ3) is 7.78. The van der Waals surface area contributed by atoms with E-state index in [9.17, 15) is 18.4 Å². The molecule has 2 aromatic carbocycles. The van der Waals surface area contributed by atoms with E-state index in [1.807, 2.05) is 6.08 Å². The highest BCUT2D eigenvalue weighted by molar-refractivity contribution is 5.90. The van der Waals surface area contributed by atoms with Crippen LogP contribution in [0.15, 0.2) is 72.2 Å². The van der Waals surface area contributed by atoms with Gasteiger partial charge in [-0.15, -0.1) is 0 Å². The summed E-state index contributed by atoms with van der Waals surface area (Å²) in [6, 6.07) is 9.37. The first-order chi connectivity index (χ1) is 18.1. The standard InChI is InChI=1S/C30H33F2N3O3/c1-30(2,32)21-14-19(15-22(33)16-21)6-5-9-28(36)34-24-12-13-27(26(31)18-24)38-25-8-4-3-7-23(17-25)35-29(37)20-10-11-20/h3-4,8,12-18,20H,5-7,9-11,33H2,1-2H3,(H,34,36)(H,35,37). The van der Waals surface area contributed by atoms with E-state index in [1.165, 1.54) is 26.0 Å². The Bertz CT molecular complexity index is 1300. The molecule has 8 heteroatoms. The van der Waals surface area contributed by atoms with Gasteiger partial charge in [0.2, 0.25) is 11.8 Å². The molecule has 2 aliphatic carbocycles. The van der Waals surface area contributed by atoms with Gasteiger partial charge >= 0.3 is 0 Å². The number of carbonyl (C=O) groups is 2. The number of nitrogen functional groups attached to an aromatic ring is 1. The van der Waals surface area contributed by atoms with Crippen molar-refractivity contribution in [3.05, 3.63) is 89.1 Å². The van der Waals surface area contributed by atoms with Gasteiger partial charge in [0.25, 0.3) is 0 Å². The summed E-state index contributed by atoms with van der Waals surface area (Å²) in [4.78, 5) is 24.5. The normalized spacial score (nSPS) is 15.3. The maximum atomic E-state index is 14.8. The van der Waals surface area contributed by atoms with Crippen LogP contribution in [-0.4, -0.2) is 11.8 Å². The van der Waals surface area contributed by atoms with Gasteiger partial charge in [-0.25, -0.2) is 8.78 Å². The minimum absolute atomic E-state index is 0.00136. The predicted octanol–water partition coefficient (Wildman–Crippen LogP) is 6.21. The van der Waals surface area contributed by atoms with E-state index in [-0.39, 0.29) is 29.9 Å². The number of nitrogens with two attached hydrogens (primary N) is 1. The fourth-order valence-electron chi connectivity index (χ4n) is 4.06. The predicted molar refractivity (Wildman–Crippen MR) is 144 cm³/mol. The van der Waals surface area contributed by atoms with Crippen molar-refractivity contribution >= 4 is 23.2 Å². The van der Waals surface area contributed by atoms with Crippen LogP contribution in [0, 0.1) is 11.7 Å². The lowest BCUT2D eigenvalue weighted by Gasteiger charge is -2.17. The molecular formula is C30H33F2N3O3. The summed E-state index contributed by atoms with van der Waals surface area (Å²) in [7, 11) is 0. The van der Waals surface area contributed by atoms with Crippen LogP contribution >= 0.6 is 0 Å². The lowest BCUT2D eigenvalue weighted by Crippen LogP contribution is -2.24. The lowest BCUT2D eigenvalue weighted by atomic mass is 9.95. The van der Waals surface area contributed by atoms with E-state index < -0.39 is 11.5 Å². The summed E-state index contributed by atoms with van der Waals surface area (Å²) in [5.41, 5.74) is 7.24. The van der Waals surface area contributed by atoms with Crippen molar-refractivity contribution in [1.29, 1.82) is 0 Å². The van der Waals surface area contributed by atoms with Crippen LogP contribution < -0.4 is 21.1 Å². The number of amides is 2. The Morgan fingerprint density at radius 1 is 1.13 bits per heavy atom. The minimum Gasteiger partial charge on any atom is -0.454 e. The summed E-state index contributed by atoms with van der Waals surface area (Å²) in [5, 5.41) is 5.60. The molecule has 200 valence electrons. The van der Waals surface area contributed by atoms with E-state index in [2.05, 4.69) is 10.6 Å². The Balaban J connectivity index is 1.30. The highest BCUT2D eigenvalue weighted by atomic mass is 19.1. The van der Waals surface area contributed by atoms with Gasteiger partial charge in [0.1, 0.15) is 11.4 Å². The molecule has 4 N–H and O–H groups in total. The number of carbonyl (C=O) groups excluding carboxylic acids is 2. The van der Waals surface area contributed by atoms with Gasteiger partial charge in [-0.1, -0.05) is 18.2 Å². The SMILES string of the molecule is CC(C)(F)c1cc(N)cc(CCCC(=O)Nc2ccc(OC3=CC=CCC(NC(=O)C4CC4)=C3)c(F)c2)c1. The molecule has 0 aromatic heterocycles. The van der Waals surface area contributed by atoms with Crippen molar-refractivity contribution in [2.75, 3.05) is 11.1 Å². The Kier molecular flexibility index (Phi) is 8.29. The number of hydrogen-bond acceptors (Lipinski definition) is 4. The average molecular weight is 522 g/mol. The molecule has 1 fully saturated rings. The average Bonchev–Trinajstić information content (AvgIpc) is 3.69. The molecule has 2 aliphatic rings. The summed E-state index contributed by atoms with van der Waals surface area (Å²) in [6.07, 6.45) is 10.7. The molecule has 2 amide bonds. The van der Waals surface area contributed by atoms with Crippen molar-refractivity contribution in [1.82, 2.24) is 5.32 Å². The molecule has 1 saturated carbocycles. The molecule has 4 rings (SSSR count). The number of hydrogen-bond donors (Lipinski definition) is 3. The topological polar surface area (TPSA) is 93.5 Å². The molecule has 0 unspecified atom stereocenters. The second kappa shape index (κ2) is 11.6. The van der Waals surface area contributed by atoms with Crippen molar-refractivity contribution in [2.45, 2.75) is 58.0 Å². The van der Waals surface area contributed by atoms with E-state index >= 15 is 0 Å². The van der Waals surface area contributed by atoms with Gasteiger partial charge in [-0.3, -0.25) is 9.59 Å². The second-order valence-corrected chi connectivity index (χ2v) is 10.2. The zero-order chi connectivity index (χ0) is 27.3. The first kappa shape index (κ1) is 27.1. The Labute approximate surface area is 221 Å². The number of aryl methyl sites for hydroxylation is 1. The van der Waals surface area contributed by atoms with Crippen LogP contribution in [0.4, 0.5) is 20.2 Å². The summed E-state index contributed by atoms with van der Waals surface area (Å²) >= 11 is 0. The number of nitrogens with one attached hydrogen (secondary N) is 2. The molecule has 0 heterocycles. The Morgan fingerprint density at radius 2 is 1.92 bits per heavy atom. The monoisotopic (exact) mass is 521 g/mol. The maximum absolute atomic E-state index is 14.8. The smallest absolute Gasteiger partial charge is 0.227 e. The molecule has 0 saturated heterocycles. The number of ether oxygens (including phenoxy) is 1. The Hall–Kier alpha value is -3.94. The van der Waals surface area contributed by atoms with Crippen LogP contribution in [-0.2, 0) is 21.7 Å². The highest BCUT2D eigenvalue weighted by Gasteiger charge is 2.30. The van der Waals surface area contributed by atoms with Gasteiger partial charge in [0.05, 0.1) is 0 Å². The third-order valence-electron chi connectivity index (χ3n) is 6.30. The third-order valence-corrected chi connectivity index (χ3v) is 6.30. The number of benzene rings is 2. The van der Waals surface area contributed by atoms with Crippen LogP contribution in [0.2, 0.25) is 0 Å². The summed E-state index contributed by atoms with van der Waals surface area (Å²) in [6.45, 7) is 2.95. The van der Waals surface area contributed by atoms with Crippen molar-refractivity contribution in [2.24, 2.45) is 5.92 Å². The number of alkyl halides is 1. The molecule has 0 aliphatic heterocycles. The highest BCUT2D eigenvalue weighted by Crippen LogP contribution is 2.30. The van der Waals surface area contributed by atoms with Crippen molar-refractivity contribution < 1.29 is 23.1 Å². The van der Waals surface area contributed by atoms with Crippen molar-refractivity contribution in [3.8, 4) is 5.75 Å². The summed E-state index contributed by atoms with van der Waals surface area (Å²) in [5.74, 6) is -0.420. The number of rotatable bonds is 10.